The number of carboxylic acid groups (broad SMARTS) is 1. The monoisotopic (exact) mass is 513 g/mol. The summed E-state index contributed by atoms with van der Waals surface area (Å²) in [7, 11) is 0. The van der Waals surface area contributed by atoms with E-state index in [1.54, 1.807) is 0 Å². The Bertz CT molecular complexity index is 1760. The van der Waals surface area contributed by atoms with Gasteiger partial charge in [0.1, 0.15) is 0 Å². The maximum absolute atomic E-state index is 13.3. The van der Waals surface area contributed by atoms with Gasteiger partial charge < -0.3 is 10.0 Å². The van der Waals surface area contributed by atoms with Gasteiger partial charge in [-0.25, -0.2) is 4.79 Å². The van der Waals surface area contributed by atoms with Crippen molar-refractivity contribution in [1.82, 2.24) is 0 Å². The van der Waals surface area contributed by atoms with E-state index in [-0.39, 0.29) is 28.0 Å². The number of benzene rings is 4. The summed E-state index contributed by atoms with van der Waals surface area (Å²) in [5.74, 6) is -1.47. The molecule has 192 valence electrons. The lowest BCUT2D eigenvalue weighted by Crippen LogP contribution is -2.32. The van der Waals surface area contributed by atoms with E-state index in [4.69, 9.17) is 0 Å². The SMILES string of the molecule is C/C(=C1/C(=O)c2ccc(C(=O)O)cc2C1=O)c1ccc2c(c1)C1CCCCC1N2c1cccc2ccccc12. The quantitative estimate of drug-likeness (QED) is 0.226. The molecule has 0 saturated heterocycles. The lowest BCUT2D eigenvalue weighted by Gasteiger charge is -2.34. The average Bonchev–Trinajstić information content (AvgIpc) is 3.42. The Kier molecular flexibility index (Phi) is 5.31. The van der Waals surface area contributed by atoms with E-state index in [2.05, 4.69) is 59.5 Å². The lowest BCUT2D eigenvalue weighted by molar-refractivity contribution is 0.0696. The molecule has 0 aromatic heterocycles. The van der Waals surface area contributed by atoms with Crippen LogP contribution in [-0.4, -0.2) is 28.7 Å². The Morgan fingerprint density at radius 2 is 1.54 bits per heavy atom. The summed E-state index contributed by atoms with van der Waals surface area (Å²) in [4.78, 5) is 40.6. The molecule has 1 fully saturated rings. The first-order chi connectivity index (χ1) is 18.9. The van der Waals surface area contributed by atoms with Crippen LogP contribution in [-0.2, 0) is 0 Å². The number of ketones is 2. The highest BCUT2D eigenvalue weighted by molar-refractivity contribution is 6.42. The van der Waals surface area contributed by atoms with Crippen LogP contribution in [0.5, 0.6) is 0 Å². The second-order valence-corrected chi connectivity index (χ2v) is 10.8. The van der Waals surface area contributed by atoms with Gasteiger partial charge in [-0.15, -0.1) is 0 Å². The number of carbonyl (C=O) groups excluding carboxylic acids is 2. The van der Waals surface area contributed by atoms with E-state index < -0.39 is 11.8 Å². The second kappa shape index (κ2) is 8.77. The van der Waals surface area contributed by atoms with E-state index in [0.29, 0.717) is 17.5 Å². The van der Waals surface area contributed by atoms with Crippen molar-refractivity contribution in [2.75, 3.05) is 4.90 Å². The molecule has 2 atom stereocenters. The van der Waals surface area contributed by atoms with Crippen LogP contribution in [0, 0.1) is 0 Å². The van der Waals surface area contributed by atoms with Gasteiger partial charge in [-0.05, 0) is 78.2 Å². The molecule has 0 spiro atoms. The number of allylic oxidation sites excluding steroid dienone is 2. The third kappa shape index (κ3) is 3.49. The smallest absolute Gasteiger partial charge is 0.335 e. The summed E-state index contributed by atoms with van der Waals surface area (Å²) in [6.07, 6.45) is 4.62. The molecule has 1 heterocycles. The maximum Gasteiger partial charge on any atom is 0.335 e. The van der Waals surface area contributed by atoms with Gasteiger partial charge in [0.2, 0.25) is 0 Å². The molecule has 0 amide bonds. The second-order valence-electron chi connectivity index (χ2n) is 10.8. The number of hydrogen-bond donors (Lipinski definition) is 1. The van der Waals surface area contributed by atoms with Gasteiger partial charge in [0.05, 0.1) is 11.1 Å². The first-order valence-corrected chi connectivity index (χ1v) is 13.5. The Morgan fingerprint density at radius 1 is 0.795 bits per heavy atom. The van der Waals surface area contributed by atoms with Crippen molar-refractivity contribution >= 4 is 45.3 Å². The van der Waals surface area contributed by atoms with Crippen LogP contribution in [0.4, 0.5) is 11.4 Å². The van der Waals surface area contributed by atoms with Gasteiger partial charge in [0, 0.05) is 39.8 Å². The molecule has 4 aromatic carbocycles. The van der Waals surface area contributed by atoms with Crippen molar-refractivity contribution in [2.24, 2.45) is 0 Å². The average molecular weight is 514 g/mol. The minimum absolute atomic E-state index is 0.00296. The fourth-order valence-corrected chi connectivity index (χ4v) is 6.91. The molecule has 5 heteroatoms. The van der Waals surface area contributed by atoms with Crippen molar-refractivity contribution in [3.8, 4) is 0 Å². The van der Waals surface area contributed by atoms with Gasteiger partial charge in [-0.3, -0.25) is 9.59 Å². The van der Waals surface area contributed by atoms with E-state index >= 15 is 0 Å². The molecule has 2 aliphatic carbocycles. The van der Waals surface area contributed by atoms with Crippen LogP contribution in [0.1, 0.15) is 80.7 Å². The molecule has 5 nitrogen and oxygen atoms in total. The summed E-state index contributed by atoms with van der Waals surface area (Å²) in [6, 6.07) is 25.9. The van der Waals surface area contributed by atoms with Crippen molar-refractivity contribution in [3.63, 3.8) is 0 Å². The number of anilines is 2. The molecular formula is C34H27NO4. The number of aromatic carboxylic acids is 1. The summed E-state index contributed by atoms with van der Waals surface area (Å²) < 4.78 is 0. The molecule has 1 N–H and O–H groups in total. The zero-order valence-corrected chi connectivity index (χ0v) is 21.6. The normalized spacial score (nSPS) is 21.1. The molecular weight excluding hydrogens is 486 g/mol. The van der Waals surface area contributed by atoms with Gasteiger partial charge in [-0.2, -0.15) is 0 Å². The van der Waals surface area contributed by atoms with Crippen LogP contribution >= 0.6 is 0 Å². The predicted molar refractivity (Wildman–Crippen MR) is 152 cm³/mol. The summed E-state index contributed by atoms with van der Waals surface area (Å²) >= 11 is 0. The van der Waals surface area contributed by atoms with Crippen LogP contribution in [0.25, 0.3) is 16.3 Å². The van der Waals surface area contributed by atoms with Crippen LogP contribution in [0.15, 0.2) is 84.4 Å². The van der Waals surface area contributed by atoms with Crippen LogP contribution in [0.2, 0.25) is 0 Å². The van der Waals surface area contributed by atoms with E-state index in [1.807, 2.05) is 13.0 Å². The topological polar surface area (TPSA) is 74.7 Å². The van der Waals surface area contributed by atoms with E-state index in [9.17, 15) is 19.5 Å². The zero-order valence-electron chi connectivity index (χ0n) is 21.6. The van der Waals surface area contributed by atoms with Gasteiger partial charge in [0.25, 0.3) is 0 Å². The lowest BCUT2D eigenvalue weighted by atomic mass is 9.81. The van der Waals surface area contributed by atoms with Crippen LogP contribution < -0.4 is 4.90 Å². The highest BCUT2D eigenvalue weighted by atomic mass is 16.4. The number of fused-ring (bicyclic) bond motifs is 5. The van der Waals surface area contributed by atoms with E-state index in [1.165, 1.54) is 58.8 Å². The number of rotatable bonds is 3. The minimum Gasteiger partial charge on any atom is -0.478 e. The Labute approximate surface area is 226 Å². The third-order valence-electron chi connectivity index (χ3n) is 8.79. The predicted octanol–water partition coefficient (Wildman–Crippen LogP) is 7.57. The Hall–Kier alpha value is -4.51. The van der Waals surface area contributed by atoms with Gasteiger partial charge in [-0.1, -0.05) is 55.3 Å². The molecule has 0 radical (unpaired) electrons. The summed E-state index contributed by atoms with van der Waals surface area (Å²) in [5.41, 5.74) is 5.77. The molecule has 39 heavy (non-hydrogen) atoms. The van der Waals surface area contributed by atoms with E-state index in [0.717, 1.165) is 18.4 Å². The van der Waals surface area contributed by atoms with Gasteiger partial charge >= 0.3 is 5.97 Å². The van der Waals surface area contributed by atoms with Crippen molar-refractivity contribution in [2.45, 2.75) is 44.6 Å². The number of Topliss-reactive ketones (excluding diaryl/α,β-unsaturated/α-hetero) is 2. The highest BCUT2D eigenvalue weighted by Gasteiger charge is 2.41. The summed E-state index contributed by atoms with van der Waals surface area (Å²) in [6.45, 7) is 1.83. The number of nitrogens with zero attached hydrogens (tertiary/aromatic N) is 1. The molecule has 7 rings (SSSR count). The molecule has 1 saturated carbocycles. The standard InChI is InChI=1S/C34H27NO4/c1-19(31-32(36)25-15-13-22(34(38)39)18-27(25)33(31)37)21-14-16-30-26(17-21)24-10-4-5-11-29(24)35(30)28-12-6-8-20-7-2-3-9-23(20)28/h2-3,6-9,12-18,24,29H,4-5,10-11H2,1H3,(H,38,39)/b31-19+. The first-order valence-electron chi connectivity index (χ1n) is 13.5. The fraction of sp³-hybridized carbons (Fsp3) is 0.206. The molecule has 4 aromatic rings. The molecule has 0 bridgehead atoms. The number of carboxylic acids is 1. The maximum atomic E-state index is 13.3. The largest absolute Gasteiger partial charge is 0.478 e. The van der Waals surface area contributed by atoms with Crippen molar-refractivity contribution in [3.05, 3.63) is 112 Å². The Balaban J connectivity index is 1.34. The fourth-order valence-electron chi connectivity index (χ4n) is 6.91. The number of hydrogen-bond acceptors (Lipinski definition) is 4. The number of carbonyl (C=O) groups is 3. The van der Waals surface area contributed by atoms with Crippen molar-refractivity contribution < 1.29 is 19.5 Å². The highest BCUT2D eigenvalue weighted by Crippen LogP contribution is 2.52. The van der Waals surface area contributed by atoms with Gasteiger partial charge in [0.15, 0.2) is 11.6 Å². The molecule has 3 aliphatic rings. The Morgan fingerprint density at radius 3 is 2.38 bits per heavy atom. The zero-order chi connectivity index (χ0) is 26.8. The minimum atomic E-state index is -1.12. The molecule has 1 aliphatic heterocycles. The third-order valence-corrected chi connectivity index (χ3v) is 8.79. The van der Waals surface area contributed by atoms with Crippen molar-refractivity contribution in [1.29, 1.82) is 0 Å². The first kappa shape index (κ1) is 23.6. The summed E-state index contributed by atoms with van der Waals surface area (Å²) in [5, 5.41) is 11.8. The van der Waals surface area contributed by atoms with Crippen LogP contribution in [0.3, 0.4) is 0 Å². The molecule has 2 unspecified atom stereocenters.